The maximum atomic E-state index is 6.54. The highest BCUT2D eigenvalue weighted by atomic mass is 16.8. The van der Waals surface area contributed by atoms with Crippen LogP contribution >= 0.6 is 0 Å². The Balaban J connectivity index is 1.22. The van der Waals surface area contributed by atoms with E-state index in [9.17, 15) is 0 Å². The highest BCUT2D eigenvalue weighted by Crippen LogP contribution is 2.73. The Kier molecular flexibility index (Phi) is 3.93. The molecule has 1 saturated heterocycles. The minimum Gasteiger partial charge on any atom is -0.383 e. The number of benzene rings is 1. The number of fused-ring (bicyclic) bond motifs is 5. The van der Waals surface area contributed by atoms with Crippen molar-refractivity contribution < 1.29 is 9.47 Å². The van der Waals surface area contributed by atoms with Crippen LogP contribution in [0, 0.1) is 11.3 Å². The molecule has 0 spiro atoms. The highest BCUT2D eigenvalue weighted by molar-refractivity contribution is 5.86. The minimum absolute atomic E-state index is 0.0252. The zero-order valence-electron chi connectivity index (χ0n) is 19.2. The van der Waals surface area contributed by atoms with Crippen LogP contribution < -0.4 is 11.5 Å². The van der Waals surface area contributed by atoms with Crippen LogP contribution in [0.15, 0.2) is 43.0 Å². The number of nitrogens with zero attached hydrogens (tertiary/aromatic N) is 5. The molecule has 1 aliphatic heterocycles. The lowest BCUT2D eigenvalue weighted by atomic mass is 9.91. The molecule has 174 valence electrons. The number of hydrogen-bond donors (Lipinski definition) is 2. The van der Waals surface area contributed by atoms with Crippen LogP contribution in [-0.4, -0.2) is 42.5 Å². The van der Waals surface area contributed by atoms with Crippen LogP contribution in [0.1, 0.15) is 38.3 Å². The number of nitrogens with two attached hydrogens (primary N) is 2. The average molecular weight is 458 g/mol. The molecule has 9 heteroatoms. The molecular formula is C25H27N7O2. The molecule has 3 aliphatic rings. The van der Waals surface area contributed by atoms with Crippen molar-refractivity contribution in [1.82, 2.24) is 24.5 Å². The van der Waals surface area contributed by atoms with Crippen molar-refractivity contribution in [2.24, 2.45) is 11.3 Å². The molecule has 0 bridgehead atoms. The van der Waals surface area contributed by atoms with Crippen LogP contribution in [0.25, 0.3) is 22.1 Å². The lowest BCUT2D eigenvalue weighted by Gasteiger charge is -2.24. The number of ether oxygens (including phenoxy) is 2. The molecule has 0 radical (unpaired) electrons. The summed E-state index contributed by atoms with van der Waals surface area (Å²) in [5.41, 5.74) is 15.8. The molecule has 5 atom stereocenters. The van der Waals surface area contributed by atoms with Crippen molar-refractivity contribution in [1.29, 1.82) is 0 Å². The second-order valence-corrected chi connectivity index (χ2v) is 10.4. The predicted octanol–water partition coefficient (Wildman–Crippen LogP) is 3.25. The van der Waals surface area contributed by atoms with Crippen molar-refractivity contribution in [2.45, 2.75) is 57.1 Å². The van der Waals surface area contributed by atoms with Crippen molar-refractivity contribution in [3.05, 3.63) is 48.5 Å². The van der Waals surface area contributed by atoms with E-state index in [-0.39, 0.29) is 23.7 Å². The minimum atomic E-state index is -0.610. The number of aromatic nitrogens is 5. The van der Waals surface area contributed by atoms with Gasteiger partial charge in [0.15, 0.2) is 5.79 Å². The summed E-state index contributed by atoms with van der Waals surface area (Å²) in [5.74, 6) is 0.793. The van der Waals surface area contributed by atoms with Gasteiger partial charge in [0.2, 0.25) is 0 Å². The van der Waals surface area contributed by atoms with E-state index < -0.39 is 5.79 Å². The van der Waals surface area contributed by atoms with E-state index in [1.807, 2.05) is 26.0 Å². The van der Waals surface area contributed by atoms with Gasteiger partial charge in [-0.15, -0.1) is 0 Å². The van der Waals surface area contributed by atoms with E-state index in [0.29, 0.717) is 17.6 Å². The van der Waals surface area contributed by atoms with E-state index in [2.05, 4.69) is 42.8 Å². The standard InChI is InChI=1S/C25H27N7O2/c1-24(2)33-20-19(32-8-6-14-22(27)29-12-30-23(14)32)15-10-25(15,21(20)34-24)7-5-13-3-4-16-17(9-13)31-18(26)11-28-16/h3-4,6,8-9,11-12,15,19-21H,5,7,10H2,1-2H3,(H2,26,31)(H2,27,29,30)/t15-,19-,20+,21+,25?/m1/s1. The Morgan fingerprint density at radius 2 is 1.97 bits per heavy atom. The van der Waals surface area contributed by atoms with Gasteiger partial charge in [-0.25, -0.2) is 15.0 Å². The van der Waals surface area contributed by atoms with Crippen molar-refractivity contribution in [3.8, 4) is 0 Å². The third kappa shape index (κ3) is 2.80. The first-order chi connectivity index (χ1) is 16.3. The molecule has 1 aromatic carbocycles. The third-order valence-electron chi connectivity index (χ3n) is 7.99. The third-order valence-corrected chi connectivity index (χ3v) is 7.99. The van der Waals surface area contributed by atoms with Gasteiger partial charge in [-0.1, -0.05) is 6.07 Å². The highest BCUT2D eigenvalue weighted by Gasteiger charge is 2.75. The second-order valence-electron chi connectivity index (χ2n) is 10.4. The van der Waals surface area contributed by atoms with Gasteiger partial charge in [0.05, 0.1) is 34.8 Å². The van der Waals surface area contributed by atoms with E-state index in [0.717, 1.165) is 41.3 Å². The number of nitrogen functional groups attached to an aromatic ring is 2. The molecule has 1 unspecified atom stereocenters. The number of aryl methyl sites for hydroxylation is 1. The molecule has 4 N–H and O–H groups in total. The lowest BCUT2D eigenvalue weighted by Crippen LogP contribution is -2.32. The summed E-state index contributed by atoms with van der Waals surface area (Å²) in [7, 11) is 0. The fourth-order valence-corrected chi connectivity index (χ4v) is 6.47. The SMILES string of the molecule is CC1(C)O[C@H]2[C@H](n3ccc4c(N)ncnc43)[C@H]3CC3(CCc3ccc4ncc(N)nc4c3)[C@H]2O1. The fraction of sp³-hybridized carbons (Fsp3) is 0.440. The van der Waals surface area contributed by atoms with Gasteiger partial charge >= 0.3 is 0 Å². The zero-order valence-corrected chi connectivity index (χ0v) is 19.2. The van der Waals surface area contributed by atoms with Crippen molar-refractivity contribution >= 4 is 33.7 Å². The first kappa shape index (κ1) is 20.1. The molecule has 4 heterocycles. The van der Waals surface area contributed by atoms with E-state index in [4.69, 9.17) is 20.9 Å². The Bertz CT molecular complexity index is 1450. The first-order valence-electron chi connectivity index (χ1n) is 11.8. The number of rotatable bonds is 4. The van der Waals surface area contributed by atoms with Gasteiger partial charge in [-0.2, -0.15) is 0 Å². The smallest absolute Gasteiger partial charge is 0.163 e. The van der Waals surface area contributed by atoms with Crippen LogP contribution in [0.4, 0.5) is 11.6 Å². The summed E-state index contributed by atoms with van der Waals surface area (Å²) in [6.07, 6.45) is 8.29. The van der Waals surface area contributed by atoms with Gasteiger partial charge in [-0.3, -0.25) is 4.98 Å². The summed E-state index contributed by atoms with van der Waals surface area (Å²) < 4.78 is 15.3. The predicted molar refractivity (Wildman–Crippen MR) is 128 cm³/mol. The van der Waals surface area contributed by atoms with Gasteiger partial charge in [0.1, 0.15) is 29.7 Å². The van der Waals surface area contributed by atoms with Gasteiger partial charge in [0, 0.05) is 11.6 Å². The quantitative estimate of drug-likeness (QED) is 0.478. The molecule has 34 heavy (non-hydrogen) atoms. The summed E-state index contributed by atoms with van der Waals surface area (Å²) in [4.78, 5) is 17.5. The van der Waals surface area contributed by atoms with Crippen molar-refractivity contribution in [3.63, 3.8) is 0 Å². The van der Waals surface area contributed by atoms with Crippen LogP contribution in [0.2, 0.25) is 0 Å². The Morgan fingerprint density at radius 3 is 2.85 bits per heavy atom. The molecule has 3 aromatic heterocycles. The summed E-state index contributed by atoms with van der Waals surface area (Å²) in [5, 5.41) is 0.881. The Labute approximate surface area is 196 Å². The van der Waals surface area contributed by atoms with Crippen LogP contribution in [0.3, 0.4) is 0 Å². The fourth-order valence-electron chi connectivity index (χ4n) is 6.47. The maximum absolute atomic E-state index is 6.54. The topological polar surface area (TPSA) is 127 Å². The first-order valence-corrected chi connectivity index (χ1v) is 11.8. The Morgan fingerprint density at radius 1 is 1.09 bits per heavy atom. The van der Waals surface area contributed by atoms with E-state index >= 15 is 0 Å². The van der Waals surface area contributed by atoms with Gasteiger partial charge in [0.25, 0.3) is 0 Å². The molecule has 9 nitrogen and oxygen atoms in total. The van der Waals surface area contributed by atoms with Crippen LogP contribution in [-0.2, 0) is 15.9 Å². The number of hydrogen-bond acceptors (Lipinski definition) is 8. The Hall–Kier alpha value is -3.30. The largest absolute Gasteiger partial charge is 0.383 e. The monoisotopic (exact) mass is 457 g/mol. The van der Waals surface area contributed by atoms with E-state index in [1.54, 1.807) is 6.20 Å². The zero-order chi connectivity index (χ0) is 23.2. The average Bonchev–Trinajstić information content (AvgIpc) is 3.05. The van der Waals surface area contributed by atoms with Gasteiger partial charge in [-0.05, 0) is 62.8 Å². The summed E-state index contributed by atoms with van der Waals surface area (Å²) >= 11 is 0. The summed E-state index contributed by atoms with van der Waals surface area (Å²) in [6.45, 7) is 4.02. The van der Waals surface area contributed by atoms with Crippen LogP contribution in [0.5, 0.6) is 0 Å². The summed E-state index contributed by atoms with van der Waals surface area (Å²) in [6, 6.07) is 8.42. The second kappa shape index (κ2) is 6.64. The molecule has 3 fully saturated rings. The molecule has 7 rings (SSSR count). The van der Waals surface area contributed by atoms with Crippen molar-refractivity contribution in [2.75, 3.05) is 11.5 Å². The molecule has 4 aromatic rings. The molecule has 2 aliphatic carbocycles. The molecule has 2 saturated carbocycles. The molecule has 0 amide bonds. The van der Waals surface area contributed by atoms with Gasteiger partial charge < -0.3 is 25.5 Å². The molecular weight excluding hydrogens is 430 g/mol. The lowest BCUT2D eigenvalue weighted by molar-refractivity contribution is -0.161. The normalized spacial score (nSPS) is 31.1. The maximum Gasteiger partial charge on any atom is 0.163 e. The van der Waals surface area contributed by atoms with E-state index in [1.165, 1.54) is 11.9 Å². The number of anilines is 2.